The number of carboxylic acids is 1. The van der Waals surface area contributed by atoms with Gasteiger partial charge in [-0.2, -0.15) is 0 Å². The second-order valence-electron chi connectivity index (χ2n) is 5.36. The van der Waals surface area contributed by atoms with Crippen LogP contribution in [0.1, 0.15) is 38.3 Å². The molecule has 4 heteroatoms. The average molecular weight is 282 g/mol. The van der Waals surface area contributed by atoms with Gasteiger partial charge in [0.1, 0.15) is 0 Å². The summed E-state index contributed by atoms with van der Waals surface area (Å²) >= 11 is 6.22. The number of benzene rings is 1. The average Bonchev–Trinajstić information content (AvgIpc) is 2.84. The molecule has 0 radical (unpaired) electrons. The summed E-state index contributed by atoms with van der Waals surface area (Å²) < 4.78 is 0. The van der Waals surface area contributed by atoms with Crippen molar-refractivity contribution in [3.63, 3.8) is 0 Å². The lowest BCUT2D eigenvalue weighted by atomic mass is 9.84. The van der Waals surface area contributed by atoms with Gasteiger partial charge in [0, 0.05) is 17.6 Å². The van der Waals surface area contributed by atoms with Crippen LogP contribution in [0.15, 0.2) is 24.3 Å². The summed E-state index contributed by atoms with van der Waals surface area (Å²) in [5.74, 6) is -0.677. The van der Waals surface area contributed by atoms with E-state index in [-0.39, 0.29) is 6.04 Å². The minimum absolute atomic E-state index is 0.154. The first-order valence-corrected chi connectivity index (χ1v) is 7.10. The summed E-state index contributed by atoms with van der Waals surface area (Å²) in [5.41, 5.74) is 0.483. The largest absolute Gasteiger partial charge is 0.481 e. The van der Waals surface area contributed by atoms with Crippen molar-refractivity contribution in [1.82, 2.24) is 4.90 Å². The predicted octanol–water partition coefficient (Wildman–Crippen LogP) is 3.59. The highest BCUT2D eigenvalue weighted by molar-refractivity contribution is 6.31. The van der Waals surface area contributed by atoms with Gasteiger partial charge in [-0.1, -0.05) is 36.7 Å². The van der Waals surface area contributed by atoms with Crippen LogP contribution in [0.4, 0.5) is 0 Å². The minimum Gasteiger partial charge on any atom is -0.481 e. The maximum absolute atomic E-state index is 11.5. The second-order valence-corrected chi connectivity index (χ2v) is 5.76. The molecule has 1 fully saturated rings. The fraction of sp³-hybridized carbons (Fsp3) is 0.533. The van der Waals surface area contributed by atoms with E-state index in [1.54, 1.807) is 0 Å². The van der Waals surface area contributed by atoms with Crippen molar-refractivity contribution in [2.75, 3.05) is 13.1 Å². The zero-order valence-corrected chi connectivity index (χ0v) is 12.2. The molecule has 2 rings (SSSR count). The van der Waals surface area contributed by atoms with Crippen molar-refractivity contribution in [2.24, 2.45) is 5.41 Å². The van der Waals surface area contributed by atoms with E-state index < -0.39 is 11.4 Å². The van der Waals surface area contributed by atoms with Crippen molar-refractivity contribution >= 4 is 17.6 Å². The van der Waals surface area contributed by atoms with Gasteiger partial charge in [0.15, 0.2) is 0 Å². The van der Waals surface area contributed by atoms with Crippen molar-refractivity contribution in [1.29, 1.82) is 0 Å². The third-order valence-corrected chi connectivity index (χ3v) is 4.76. The van der Waals surface area contributed by atoms with E-state index in [1.165, 1.54) is 0 Å². The predicted molar refractivity (Wildman–Crippen MR) is 76.4 cm³/mol. The number of nitrogens with zero attached hydrogens (tertiary/aromatic N) is 1. The van der Waals surface area contributed by atoms with Gasteiger partial charge in [0.2, 0.25) is 0 Å². The normalized spacial score (nSPS) is 25.4. The molecule has 19 heavy (non-hydrogen) atoms. The van der Waals surface area contributed by atoms with Gasteiger partial charge < -0.3 is 5.11 Å². The van der Waals surface area contributed by atoms with Crippen LogP contribution in [0, 0.1) is 5.41 Å². The van der Waals surface area contributed by atoms with Gasteiger partial charge >= 0.3 is 5.97 Å². The molecule has 1 N–H and O–H groups in total. The summed E-state index contributed by atoms with van der Waals surface area (Å²) in [6.45, 7) is 5.46. The Kier molecular flexibility index (Phi) is 4.16. The molecule has 1 aromatic carbocycles. The molecule has 3 nitrogen and oxygen atoms in total. The molecule has 2 unspecified atom stereocenters. The van der Waals surface area contributed by atoms with Gasteiger partial charge in [-0.15, -0.1) is 0 Å². The van der Waals surface area contributed by atoms with Crippen molar-refractivity contribution in [3.05, 3.63) is 34.9 Å². The lowest BCUT2D eigenvalue weighted by Crippen LogP contribution is -2.35. The van der Waals surface area contributed by atoms with Gasteiger partial charge in [-0.3, -0.25) is 9.69 Å². The first-order valence-electron chi connectivity index (χ1n) is 6.72. The molecule has 0 bridgehead atoms. The van der Waals surface area contributed by atoms with Gasteiger partial charge in [-0.05, 0) is 37.9 Å². The zero-order chi connectivity index (χ0) is 14.0. The molecule has 1 aromatic rings. The smallest absolute Gasteiger partial charge is 0.310 e. The van der Waals surface area contributed by atoms with Crippen LogP contribution in [-0.4, -0.2) is 29.1 Å². The Bertz CT molecular complexity index is 477. The van der Waals surface area contributed by atoms with Crippen LogP contribution in [-0.2, 0) is 4.79 Å². The van der Waals surface area contributed by atoms with E-state index in [1.807, 2.05) is 31.2 Å². The molecule has 0 aliphatic carbocycles. The van der Waals surface area contributed by atoms with Crippen LogP contribution in [0.3, 0.4) is 0 Å². The van der Waals surface area contributed by atoms with Crippen molar-refractivity contribution < 1.29 is 9.90 Å². The van der Waals surface area contributed by atoms with Gasteiger partial charge in [0.05, 0.1) is 5.41 Å². The summed E-state index contributed by atoms with van der Waals surface area (Å²) in [7, 11) is 0. The Morgan fingerprint density at radius 1 is 1.53 bits per heavy atom. The van der Waals surface area contributed by atoms with E-state index in [0.29, 0.717) is 19.4 Å². The minimum atomic E-state index is -0.677. The summed E-state index contributed by atoms with van der Waals surface area (Å²) in [6.07, 6.45) is 1.39. The van der Waals surface area contributed by atoms with E-state index >= 15 is 0 Å². The molecule has 0 amide bonds. The monoisotopic (exact) mass is 281 g/mol. The highest BCUT2D eigenvalue weighted by Gasteiger charge is 2.44. The van der Waals surface area contributed by atoms with Crippen LogP contribution in [0.5, 0.6) is 0 Å². The fourth-order valence-corrected chi connectivity index (χ4v) is 3.15. The Morgan fingerprint density at radius 2 is 2.21 bits per heavy atom. The lowest BCUT2D eigenvalue weighted by Gasteiger charge is -2.28. The molecule has 104 valence electrons. The van der Waals surface area contributed by atoms with Gasteiger partial charge in [-0.25, -0.2) is 0 Å². The summed E-state index contributed by atoms with van der Waals surface area (Å²) in [5, 5.41) is 10.2. The van der Waals surface area contributed by atoms with E-state index in [0.717, 1.165) is 17.1 Å². The van der Waals surface area contributed by atoms with Gasteiger partial charge in [0.25, 0.3) is 0 Å². The van der Waals surface area contributed by atoms with Crippen LogP contribution in [0.25, 0.3) is 0 Å². The maximum Gasteiger partial charge on any atom is 0.310 e. The number of aliphatic carboxylic acids is 1. The molecule has 1 aliphatic rings. The van der Waals surface area contributed by atoms with Crippen LogP contribution < -0.4 is 0 Å². The Balaban J connectivity index is 2.17. The Morgan fingerprint density at radius 3 is 2.74 bits per heavy atom. The first-order chi connectivity index (χ1) is 9.00. The van der Waals surface area contributed by atoms with Crippen LogP contribution >= 0.6 is 11.6 Å². The molecule has 0 saturated carbocycles. The summed E-state index contributed by atoms with van der Waals surface area (Å²) in [4.78, 5) is 13.7. The number of carbonyl (C=O) groups is 1. The topological polar surface area (TPSA) is 40.5 Å². The highest BCUT2D eigenvalue weighted by Crippen LogP contribution is 2.39. The molecule has 1 heterocycles. The Hall–Kier alpha value is -1.06. The molecular weight excluding hydrogens is 262 g/mol. The maximum atomic E-state index is 11.5. The second kappa shape index (κ2) is 5.51. The summed E-state index contributed by atoms with van der Waals surface area (Å²) in [6, 6.07) is 7.93. The third-order valence-electron chi connectivity index (χ3n) is 4.42. The number of rotatable bonds is 4. The highest BCUT2D eigenvalue weighted by atomic mass is 35.5. The van der Waals surface area contributed by atoms with E-state index in [9.17, 15) is 9.90 Å². The molecule has 2 atom stereocenters. The number of hydrogen-bond donors (Lipinski definition) is 1. The first kappa shape index (κ1) is 14.4. The number of halogens is 1. The van der Waals surface area contributed by atoms with Crippen LogP contribution in [0.2, 0.25) is 5.02 Å². The lowest BCUT2D eigenvalue weighted by molar-refractivity contribution is -0.148. The standard InChI is InChI=1S/C15H20ClNO2/c1-3-15(14(18)19)8-9-17(10-15)11(2)12-6-4-5-7-13(12)16/h4-7,11H,3,8-10H2,1-2H3,(H,18,19). The Labute approximate surface area is 119 Å². The molecule has 1 aliphatic heterocycles. The van der Waals surface area contributed by atoms with Crippen molar-refractivity contribution in [3.8, 4) is 0 Å². The fourth-order valence-electron chi connectivity index (χ4n) is 2.86. The number of carboxylic acid groups (broad SMARTS) is 1. The number of likely N-dealkylation sites (tertiary alicyclic amines) is 1. The molecular formula is C15H20ClNO2. The molecule has 0 aromatic heterocycles. The van der Waals surface area contributed by atoms with Crippen molar-refractivity contribution in [2.45, 2.75) is 32.7 Å². The molecule has 1 saturated heterocycles. The molecule has 0 spiro atoms. The number of hydrogen-bond acceptors (Lipinski definition) is 2. The zero-order valence-electron chi connectivity index (χ0n) is 11.4. The van der Waals surface area contributed by atoms with E-state index in [2.05, 4.69) is 11.8 Å². The van der Waals surface area contributed by atoms with E-state index in [4.69, 9.17) is 11.6 Å². The third kappa shape index (κ3) is 2.63. The SMILES string of the molecule is CCC1(C(=O)O)CCN(C(C)c2ccccc2Cl)C1. The quantitative estimate of drug-likeness (QED) is 0.917.